The first-order valence-electron chi connectivity index (χ1n) is 9.21. The number of carbonyl (C=O) groups excluding carboxylic acids is 2. The smallest absolute Gasteiger partial charge is 0.343 e. The molecular weight excluding hydrogens is 402 g/mol. The Labute approximate surface area is 175 Å². The van der Waals surface area contributed by atoms with Gasteiger partial charge in [0, 0.05) is 18.4 Å². The molecule has 7 heteroatoms. The maximum Gasteiger partial charge on any atom is 0.343 e. The Bertz CT molecular complexity index is 1160. The number of carbonyl (C=O) groups is 2. The molecule has 0 aromatic heterocycles. The van der Waals surface area contributed by atoms with Gasteiger partial charge in [-0.3, -0.25) is 4.79 Å². The van der Waals surface area contributed by atoms with Crippen molar-refractivity contribution >= 4 is 21.7 Å². The summed E-state index contributed by atoms with van der Waals surface area (Å²) < 4.78 is 28.3. The SMILES string of the molecule is CS(=O)(=O)Cc1cccc(C(=O)Oc2cccc(C(=O)NCc3ccccc3)c2)c1. The monoisotopic (exact) mass is 423 g/mol. The summed E-state index contributed by atoms with van der Waals surface area (Å²) in [5.74, 6) is -0.856. The highest BCUT2D eigenvalue weighted by molar-refractivity contribution is 7.89. The Morgan fingerprint density at radius 1 is 0.833 bits per heavy atom. The third-order valence-electron chi connectivity index (χ3n) is 4.19. The van der Waals surface area contributed by atoms with E-state index in [1.807, 2.05) is 30.3 Å². The second-order valence-corrected chi connectivity index (χ2v) is 9.00. The third kappa shape index (κ3) is 6.28. The number of hydrogen-bond donors (Lipinski definition) is 1. The molecule has 0 heterocycles. The minimum atomic E-state index is -3.22. The summed E-state index contributed by atoms with van der Waals surface area (Å²) in [7, 11) is -3.22. The molecule has 0 aliphatic carbocycles. The average Bonchev–Trinajstić information content (AvgIpc) is 2.72. The van der Waals surface area contributed by atoms with Gasteiger partial charge in [-0.15, -0.1) is 0 Å². The molecule has 0 aliphatic heterocycles. The molecule has 0 fully saturated rings. The molecule has 6 nitrogen and oxygen atoms in total. The van der Waals surface area contributed by atoms with Crippen LogP contribution in [0.2, 0.25) is 0 Å². The van der Waals surface area contributed by atoms with E-state index in [0.717, 1.165) is 11.8 Å². The van der Waals surface area contributed by atoms with Gasteiger partial charge >= 0.3 is 5.97 Å². The summed E-state index contributed by atoms with van der Waals surface area (Å²) in [5.41, 5.74) is 2.07. The van der Waals surface area contributed by atoms with E-state index in [-0.39, 0.29) is 23.0 Å². The molecular formula is C23H21NO5S. The van der Waals surface area contributed by atoms with E-state index in [2.05, 4.69) is 5.32 Å². The molecule has 0 spiro atoms. The molecule has 0 aliphatic rings. The van der Waals surface area contributed by atoms with Crippen molar-refractivity contribution in [2.75, 3.05) is 6.26 Å². The number of amides is 1. The molecule has 3 aromatic rings. The number of sulfone groups is 1. The van der Waals surface area contributed by atoms with Crippen LogP contribution in [0.3, 0.4) is 0 Å². The number of benzene rings is 3. The topological polar surface area (TPSA) is 89.5 Å². The number of ether oxygens (including phenoxy) is 1. The van der Waals surface area contributed by atoms with Gasteiger partial charge in [0.15, 0.2) is 9.84 Å². The fraction of sp³-hybridized carbons (Fsp3) is 0.130. The lowest BCUT2D eigenvalue weighted by Crippen LogP contribution is -2.22. The number of rotatable bonds is 7. The molecule has 0 radical (unpaired) electrons. The Morgan fingerprint density at radius 3 is 2.23 bits per heavy atom. The molecule has 1 N–H and O–H groups in total. The zero-order valence-electron chi connectivity index (χ0n) is 16.4. The van der Waals surface area contributed by atoms with E-state index in [4.69, 9.17) is 4.74 Å². The summed E-state index contributed by atoms with van der Waals surface area (Å²) in [6.07, 6.45) is 1.13. The van der Waals surface area contributed by atoms with Crippen molar-refractivity contribution < 1.29 is 22.7 Å². The highest BCUT2D eigenvalue weighted by Gasteiger charge is 2.13. The van der Waals surface area contributed by atoms with Crippen molar-refractivity contribution in [3.05, 3.63) is 101 Å². The van der Waals surface area contributed by atoms with Crippen molar-refractivity contribution in [3.63, 3.8) is 0 Å². The van der Waals surface area contributed by atoms with Gasteiger partial charge in [0.1, 0.15) is 5.75 Å². The first-order valence-corrected chi connectivity index (χ1v) is 11.3. The molecule has 0 atom stereocenters. The molecule has 0 saturated heterocycles. The van der Waals surface area contributed by atoms with E-state index in [1.54, 1.807) is 36.4 Å². The molecule has 3 aromatic carbocycles. The van der Waals surface area contributed by atoms with Gasteiger partial charge in [0.25, 0.3) is 5.91 Å². The largest absolute Gasteiger partial charge is 0.423 e. The lowest BCUT2D eigenvalue weighted by atomic mass is 10.1. The van der Waals surface area contributed by atoms with E-state index in [1.165, 1.54) is 12.1 Å². The van der Waals surface area contributed by atoms with Gasteiger partial charge in [-0.25, -0.2) is 13.2 Å². The first-order chi connectivity index (χ1) is 14.3. The predicted molar refractivity (Wildman–Crippen MR) is 114 cm³/mol. The summed E-state index contributed by atoms with van der Waals surface area (Å²) in [6.45, 7) is 0.386. The van der Waals surface area contributed by atoms with E-state index in [9.17, 15) is 18.0 Å². The van der Waals surface area contributed by atoms with Gasteiger partial charge in [-0.2, -0.15) is 0 Å². The minimum absolute atomic E-state index is 0.162. The lowest BCUT2D eigenvalue weighted by molar-refractivity contribution is 0.0733. The summed E-state index contributed by atoms with van der Waals surface area (Å²) in [6, 6.07) is 22.1. The molecule has 0 bridgehead atoms. The Hall–Kier alpha value is -3.45. The van der Waals surface area contributed by atoms with Crippen molar-refractivity contribution in [2.24, 2.45) is 0 Å². The highest BCUT2D eigenvalue weighted by atomic mass is 32.2. The van der Waals surface area contributed by atoms with Crippen LogP contribution >= 0.6 is 0 Å². The van der Waals surface area contributed by atoms with Gasteiger partial charge in [-0.05, 0) is 41.5 Å². The summed E-state index contributed by atoms with van der Waals surface area (Å²) in [4.78, 5) is 24.8. The van der Waals surface area contributed by atoms with Crippen molar-refractivity contribution in [2.45, 2.75) is 12.3 Å². The minimum Gasteiger partial charge on any atom is -0.423 e. The zero-order valence-corrected chi connectivity index (χ0v) is 17.2. The zero-order chi connectivity index (χ0) is 21.6. The lowest BCUT2D eigenvalue weighted by Gasteiger charge is -2.09. The van der Waals surface area contributed by atoms with Crippen molar-refractivity contribution in [3.8, 4) is 5.75 Å². The van der Waals surface area contributed by atoms with Crippen molar-refractivity contribution in [1.82, 2.24) is 5.32 Å². The number of nitrogens with one attached hydrogen (secondary N) is 1. The van der Waals surface area contributed by atoms with Gasteiger partial charge in [0.05, 0.1) is 11.3 Å². The molecule has 3 rings (SSSR count). The molecule has 0 saturated carbocycles. The van der Waals surface area contributed by atoms with Crippen LogP contribution in [0.25, 0.3) is 0 Å². The highest BCUT2D eigenvalue weighted by Crippen LogP contribution is 2.17. The van der Waals surface area contributed by atoms with Crippen LogP contribution in [0.1, 0.15) is 31.8 Å². The predicted octanol–water partition coefficient (Wildman–Crippen LogP) is 3.38. The maximum atomic E-state index is 12.5. The van der Waals surface area contributed by atoms with E-state index >= 15 is 0 Å². The van der Waals surface area contributed by atoms with Crippen molar-refractivity contribution in [1.29, 1.82) is 0 Å². The van der Waals surface area contributed by atoms with Crippen LogP contribution in [-0.4, -0.2) is 26.6 Å². The van der Waals surface area contributed by atoms with Crippen LogP contribution in [0.4, 0.5) is 0 Å². The maximum absolute atomic E-state index is 12.5. The van der Waals surface area contributed by atoms with E-state index in [0.29, 0.717) is 17.7 Å². The van der Waals surface area contributed by atoms with Crippen LogP contribution in [0, 0.1) is 0 Å². The van der Waals surface area contributed by atoms with Gasteiger partial charge in [-0.1, -0.05) is 48.5 Å². The summed E-state index contributed by atoms with van der Waals surface area (Å²) >= 11 is 0. The quantitative estimate of drug-likeness (QED) is 0.465. The second kappa shape index (κ2) is 9.37. The molecule has 0 unspecified atom stereocenters. The third-order valence-corrected chi connectivity index (χ3v) is 5.05. The summed E-state index contributed by atoms with van der Waals surface area (Å²) in [5, 5.41) is 2.82. The van der Waals surface area contributed by atoms with Gasteiger partial charge in [0.2, 0.25) is 0 Å². The second-order valence-electron chi connectivity index (χ2n) is 6.86. The Morgan fingerprint density at radius 2 is 1.50 bits per heavy atom. The fourth-order valence-corrected chi connectivity index (χ4v) is 3.62. The van der Waals surface area contributed by atoms with E-state index < -0.39 is 15.8 Å². The first kappa shape index (κ1) is 21.3. The standard InChI is InChI=1S/C23H21NO5S/c1-30(27,28)16-18-9-5-11-20(13-18)23(26)29-21-12-6-10-19(14-21)22(25)24-15-17-7-3-2-4-8-17/h2-14H,15-16H2,1H3,(H,24,25). The average molecular weight is 423 g/mol. The van der Waals surface area contributed by atoms with Crippen LogP contribution in [0.15, 0.2) is 78.9 Å². The fourth-order valence-electron chi connectivity index (χ4n) is 2.84. The van der Waals surface area contributed by atoms with Crippen LogP contribution in [-0.2, 0) is 22.1 Å². The Balaban J connectivity index is 1.66. The molecule has 154 valence electrons. The van der Waals surface area contributed by atoms with Crippen LogP contribution in [0.5, 0.6) is 5.75 Å². The number of hydrogen-bond acceptors (Lipinski definition) is 5. The Kier molecular flexibility index (Phi) is 6.64. The molecule has 1 amide bonds. The van der Waals surface area contributed by atoms with Gasteiger partial charge < -0.3 is 10.1 Å². The number of esters is 1. The normalized spacial score (nSPS) is 11.0. The van der Waals surface area contributed by atoms with Crippen LogP contribution < -0.4 is 10.1 Å². The molecule has 30 heavy (non-hydrogen) atoms.